The van der Waals surface area contributed by atoms with Gasteiger partial charge < -0.3 is 30.1 Å². The fraction of sp³-hybridized carbons (Fsp3) is 0.619. The van der Waals surface area contributed by atoms with E-state index in [1.165, 1.54) is 0 Å². The third kappa shape index (κ3) is 5.26. The molecule has 2 aliphatic rings. The summed E-state index contributed by atoms with van der Waals surface area (Å²) in [5.41, 5.74) is 1.70. The van der Waals surface area contributed by atoms with E-state index in [0.29, 0.717) is 25.2 Å². The number of carbonyl (C=O) groups excluding carboxylic acids is 2. The van der Waals surface area contributed by atoms with Gasteiger partial charge in [-0.2, -0.15) is 0 Å². The quantitative estimate of drug-likeness (QED) is 0.599. The number of likely N-dealkylation sites (N-methyl/N-ethyl adjacent to an activating group) is 1. The van der Waals surface area contributed by atoms with Gasteiger partial charge in [-0.3, -0.25) is 9.59 Å². The van der Waals surface area contributed by atoms with Crippen molar-refractivity contribution in [1.29, 1.82) is 0 Å². The zero-order valence-corrected chi connectivity index (χ0v) is 17.3. The van der Waals surface area contributed by atoms with E-state index in [4.69, 9.17) is 9.47 Å². The van der Waals surface area contributed by atoms with E-state index in [0.717, 1.165) is 17.7 Å². The zero-order chi connectivity index (χ0) is 21.0. The van der Waals surface area contributed by atoms with Gasteiger partial charge in [-0.15, -0.1) is 0 Å². The van der Waals surface area contributed by atoms with Crippen LogP contribution in [0.5, 0.6) is 5.75 Å². The predicted octanol–water partition coefficient (Wildman–Crippen LogP) is 1.10. The summed E-state index contributed by atoms with van der Waals surface area (Å²) >= 11 is 0. The Labute approximate surface area is 171 Å². The number of aliphatic hydroxyl groups is 1. The summed E-state index contributed by atoms with van der Waals surface area (Å²) in [6.45, 7) is 2.78. The highest BCUT2D eigenvalue weighted by Crippen LogP contribution is 2.47. The number of aliphatic hydroxyl groups excluding tert-OH is 1. The second kappa shape index (κ2) is 9.56. The molecule has 0 bridgehead atoms. The average Bonchev–Trinajstić information content (AvgIpc) is 3.03. The summed E-state index contributed by atoms with van der Waals surface area (Å²) in [7, 11) is 3.68. The first-order valence-electron chi connectivity index (χ1n) is 10.2. The lowest BCUT2D eigenvalue weighted by Gasteiger charge is -2.37. The number of rotatable bonds is 8. The Bertz CT molecular complexity index is 739. The molecule has 1 saturated heterocycles. The summed E-state index contributed by atoms with van der Waals surface area (Å²) in [5.74, 6) is 0.612. The lowest BCUT2D eigenvalue weighted by Crippen LogP contribution is -2.47. The van der Waals surface area contributed by atoms with Crippen molar-refractivity contribution < 1.29 is 24.2 Å². The third-order valence-corrected chi connectivity index (χ3v) is 5.23. The second-order valence-corrected chi connectivity index (χ2v) is 8.00. The van der Waals surface area contributed by atoms with Crippen LogP contribution in [0.15, 0.2) is 18.2 Å². The SMILES string of the molecule is CCCNC(=O)C[C@@H]1C[C@H]2c3cc(NC(=O)CN(C)C)ccc3O[C@H]2[C@H](CO)O1. The maximum atomic E-state index is 12.1. The van der Waals surface area contributed by atoms with Crippen LogP contribution in [0, 0.1) is 0 Å². The van der Waals surface area contributed by atoms with Crippen molar-refractivity contribution in [1.82, 2.24) is 10.2 Å². The molecule has 160 valence electrons. The Morgan fingerprint density at radius 2 is 2.07 bits per heavy atom. The fourth-order valence-electron chi connectivity index (χ4n) is 4.00. The monoisotopic (exact) mass is 405 g/mol. The van der Waals surface area contributed by atoms with Crippen LogP contribution in [0.3, 0.4) is 0 Å². The van der Waals surface area contributed by atoms with Gasteiger partial charge >= 0.3 is 0 Å². The van der Waals surface area contributed by atoms with Gasteiger partial charge in [-0.25, -0.2) is 0 Å². The van der Waals surface area contributed by atoms with Crippen molar-refractivity contribution in [3.63, 3.8) is 0 Å². The van der Waals surface area contributed by atoms with Crippen LogP contribution < -0.4 is 15.4 Å². The minimum absolute atomic E-state index is 0.00516. The molecule has 0 radical (unpaired) electrons. The fourth-order valence-corrected chi connectivity index (χ4v) is 4.00. The smallest absolute Gasteiger partial charge is 0.238 e. The number of nitrogens with zero attached hydrogens (tertiary/aromatic N) is 1. The molecule has 29 heavy (non-hydrogen) atoms. The number of benzene rings is 1. The zero-order valence-electron chi connectivity index (χ0n) is 17.3. The first-order chi connectivity index (χ1) is 13.9. The van der Waals surface area contributed by atoms with E-state index in [9.17, 15) is 14.7 Å². The molecule has 1 aromatic rings. The molecule has 3 N–H and O–H groups in total. The van der Waals surface area contributed by atoms with Crippen molar-refractivity contribution in [2.75, 3.05) is 39.1 Å². The van der Waals surface area contributed by atoms with E-state index in [-0.39, 0.29) is 43.0 Å². The minimum Gasteiger partial charge on any atom is -0.487 e. The van der Waals surface area contributed by atoms with Gasteiger partial charge in [0.2, 0.25) is 11.8 Å². The standard InChI is InChI=1S/C21H31N3O5/c1-4-7-22-19(26)10-14-9-16-15-8-13(23-20(27)11-24(2)3)5-6-17(15)29-21(16)18(12-25)28-14/h5-6,8,14,16,18,21,25H,4,7,9-12H2,1-3H3,(H,22,26)(H,23,27)/t14-,16-,18-,21+/m0/s1. The van der Waals surface area contributed by atoms with Gasteiger partial charge in [0.1, 0.15) is 18.0 Å². The van der Waals surface area contributed by atoms with Crippen LogP contribution in [-0.4, -0.2) is 73.9 Å². The van der Waals surface area contributed by atoms with Gasteiger partial charge in [0.15, 0.2) is 0 Å². The molecular formula is C21H31N3O5. The number of anilines is 1. The molecular weight excluding hydrogens is 374 g/mol. The van der Waals surface area contributed by atoms with Crippen LogP contribution in [0.1, 0.15) is 37.7 Å². The molecule has 2 amide bonds. The van der Waals surface area contributed by atoms with E-state index < -0.39 is 6.10 Å². The topological polar surface area (TPSA) is 100 Å². The number of nitrogens with one attached hydrogen (secondary N) is 2. The van der Waals surface area contributed by atoms with Crippen LogP contribution >= 0.6 is 0 Å². The van der Waals surface area contributed by atoms with Crippen LogP contribution in [0.4, 0.5) is 5.69 Å². The number of hydrogen-bond donors (Lipinski definition) is 3. The van der Waals surface area contributed by atoms with E-state index in [1.54, 1.807) is 4.90 Å². The normalized spacial score (nSPS) is 25.1. The minimum atomic E-state index is -0.489. The van der Waals surface area contributed by atoms with Gasteiger partial charge in [-0.1, -0.05) is 6.92 Å². The van der Waals surface area contributed by atoms with Crippen molar-refractivity contribution in [2.45, 2.75) is 50.4 Å². The molecule has 0 saturated carbocycles. The Kier molecular flexibility index (Phi) is 7.10. The van der Waals surface area contributed by atoms with E-state index >= 15 is 0 Å². The second-order valence-electron chi connectivity index (χ2n) is 8.00. The molecule has 0 unspecified atom stereocenters. The highest BCUT2D eigenvalue weighted by molar-refractivity contribution is 5.92. The van der Waals surface area contributed by atoms with Gasteiger partial charge in [-0.05, 0) is 45.1 Å². The average molecular weight is 405 g/mol. The maximum Gasteiger partial charge on any atom is 0.238 e. The number of fused-ring (bicyclic) bond motifs is 3. The number of hydrogen-bond acceptors (Lipinski definition) is 6. The largest absolute Gasteiger partial charge is 0.487 e. The van der Waals surface area contributed by atoms with Gasteiger partial charge in [0.05, 0.1) is 25.7 Å². The summed E-state index contributed by atoms with van der Waals surface area (Å²) in [4.78, 5) is 26.0. The van der Waals surface area contributed by atoms with Crippen molar-refractivity contribution in [2.24, 2.45) is 0 Å². The molecule has 0 aliphatic carbocycles. The molecule has 2 aliphatic heterocycles. The third-order valence-electron chi connectivity index (χ3n) is 5.23. The Balaban J connectivity index is 1.73. The molecule has 3 rings (SSSR count). The number of ether oxygens (including phenoxy) is 2. The Morgan fingerprint density at radius 3 is 2.76 bits per heavy atom. The van der Waals surface area contributed by atoms with Crippen LogP contribution in [-0.2, 0) is 14.3 Å². The first kappa shape index (κ1) is 21.5. The highest BCUT2D eigenvalue weighted by Gasteiger charge is 2.46. The maximum absolute atomic E-state index is 12.1. The Hall–Kier alpha value is -2.16. The highest BCUT2D eigenvalue weighted by atomic mass is 16.6. The van der Waals surface area contributed by atoms with Crippen LogP contribution in [0.2, 0.25) is 0 Å². The number of carbonyl (C=O) groups is 2. The molecule has 1 fully saturated rings. The molecule has 8 heteroatoms. The van der Waals surface area contributed by atoms with Crippen molar-refractivity contribution in [3.05, 3.63) is 23.8 Å². The number of amides is 2. The molecule has 1 aromatic carbocycles. The molecule has 0 aromatic heterocycles. The van der Waals surface area contributed by atoms with Crippen LogP contribution in [0.25, 0.3) is 0 Å². The lowest BCUT2D eigenvalue weighted by atomic mass is 9.84. The van der Waals surface area contributed by atoms with Gasteiger partial charge in [0, 0.05) is 23.7 Å². The molecule has 0 spiro atoms. The summed E-state index contributed by atoms with van der Waals surface area (Å²) < 4.78 is 12.0. The molecule has 8 nitrogen and oxygen atoms in total. The van der Waals surface area contributed by atoms with E-state index in [2.05, 4.69) is 10.6 Å². The summed E-state index contributed by atoms with van der Waals surface area (Å²) in [6.07, 6.45) is 0.698. The van der Waals surface area contributed by atoms with Crippen molar-refractivity contribution in [3.8, 4) is 5.75 Å². The summed E-state index contributed by atoms with van der Waals surface area (Å²) in [5, 5.41) is 15.6. The summed E-state index contributed by atoms with van der Waals surface area (Å²) in [6, 6.07) is 5.59. The molecule has 4 atom stereocenters. The van der Waals surface area contributed by atoms with Gasteiger partial charge in [0.25, 0.3) is 0 Å². The van der Waals surface area contributed by atoms with E-state index in [1.807, 2.05) is 39.2 Å². The van der Waals surface area contributed by atoms with Crippen molar-refractivity contribution >= 4 is 17.5 Å². The lowest BCUT2D eigenvalue weighted by molar-refractivity contribution is -0.142. The predicted molar refractivity (Wildman–Crippen MR) is 109 cm³/mol. The first-order valence-corrected chi connectivity index (χ1v) is 10.2. The Morgan fingerprint density at radius 1 is 1.28 bits per heavy atom. The molecule has 2 heterocycles.